The van der Waals surface area contributed by atoms with Gasteiger partial charge >= 0.3 is 0 Å². The number of nitrogens with zero attached hydrogens (tertiary/aromatic N) is 2. The van der Waals surface area contributed by atoms with Gasteiger partial charge in [-0.3, -0.25) is 0 Å². The maximum atomic E-state index is 9.12. The fourth-order valence-electron chi connectivity index (χ4n) is 1.79. The van der Waals surface area contributed by atoms with E-state index in [1.165, 1.54) is 0 Å². The Balaban J connectivity index is 2.88. The Morgan fingerprint density at radius 2 is 1.94 bits per heavy atom. The summed E-state index contributed by atoms with van der Waals surface area (Å²) >= 11 is 0. The Bertz CT molecular complexity index is 383. The molecule has 18 heavy (non-hydrogen) atoms. The molecule has 5 nitrogen and oxygen atoms in total. The number of hydrogen-bond acceptors (Lipinski definition) is 5. The monoisotopic (exact) mass is 252 g/mol. The topological polar surface area (TPSA) is 70.1 Å². The fraction of sp³-hybridized carbons (Fsp3) is 0.692. The van der Waals surface area contributed by atoms with Gasteiger partial charge in [-0.2, -0.15) is 0 Å². The van der Waals surface area contributed by atoms with Crippen molar-refractivity contribution in [1.82, 2.24) is 9.97 Å². The van der Waals surface area contributed by atoms with Crippen LogP contribution < -0.4 is 10.6 Å². The van der Waals surface area contributed by atoms with Gasteiger partial charge in [0.25, 0.3) is 0 Å². The predicted molar refractivity (Wildman–Crippen MR) is 75.0 cm³/mol. The van der Waals surface area contributed by atoms with Crippen LogP contribution in [0.2, 0.25) is 0 Å². The summed E-state index contributed by atoms with van der Waals surface area (Å²) < 4.78 is 0. The van der Waals surface area contributed by atoms with E-state index < -0.39 is 0 Å². The smallest absolute Gasteiger partial charge is 0.132 e. The van der Waals surface area contributed by atoms with Gasteiger partial charge in [-0.05, 0) is 33.6 Å². The Hall–Kier alpha value is -1.36. The fourth-order valence-corrected chi connectivity index (χ4v) is 1.79. The number of aliphatic hydroxyl groups excluding tert-OH is 1. The first kappa shape index (κ1) is 14.7. The highest BCUT2D eigenvalue weighted by Gasteiger charge is 2.21. The highest BCUT2D eigenvalue weighted by Crippen LogP contribution is 2.21. The molecule has 1 heterocycles. The van der Waals surface area contributed by atoms with Gasteiger partial charge < -0.3 is 15.7 Å². The lowest BCUT2D eigenvalue weighted by atomic mass is 9.95. The van der Waals surface area contributed by atoms with Crippen molar-refractivity contribution in [3.05, 3.63) is 11.9 Å². The lowest BCUT2D eigenvalue weighted by Gasteiger charge is -2.29. The van der Waals surface area contributed by atoms with Crippen LogP contribution in [0, 0.1) is 6.92 Å². The molecule has 1 rings (SSSR count). The van der Waals surface area contributed by atoms with Gasteiger partial charge in [-0.25, -0.2) is 9.97 Å². The van der Waals surface area contributed by atoms with Crippen LogP contribution in [0.3, 0.4) is 0 Å². The van der Waals surface area contributed by atoms with Gasteiger partial charge in [0.05, 0.1) is 0 Å². The van der Waals surface area contributed by atoms with Gasteiger partial charge in [0.15, 0.2) is 0 Å². The quantitative estimate of drug-likeness (QED) is 0.694. The molecule has 0 bridgehead atoms. The summed E-state index contributed by atoms with van der Waals surface area (Å²) in [6.07, 6.45) is 1.62. The van der Waals surface area contributed by atoms with E-state index in [9.17, 15) is 0 Å². The zero-order valence-electron chi connectivity index (χ0n) is 11.7. The highest BCUT2D eigenvalue weighted by atomic mass is 16.3. The van der Waals surface area contributed by atoms with Gasteiger partial charge in [0, 0.05) is 24.8 Å². The summed E-state index contributed by atoms with van der Waals surface area (Å²) in [6.45, 7) is 9.10. The van der Waals surface area contributed by atoms with Crippen LogP contribution in [0.1, 0.15) is 39.4 Å². The number of anilines is 2. The standard InChI is InChI=1S/C13H24N4O/c1-5-13(4,7-8-18)17-12-9-11(14-6-2)15-10(3)16-12/h9,18H,5-8H2,1-4H3,(H2,14,15,16,17). The van der Waals surface area contributed by atoms with Crippen molar-refractivity contribution in [1.29, 1.82) is 0 Å². The van der Waals surface area contributed by atoms with Crippen LogP contribution in [0.15, 0.2) is 6.07 Å². The minimum atomic E-state index is -0.140. The molecule has 5 heteroatoms. The molecule has 0 aromatic carbocycles. The molecule has 0 fully saturated rings. The number of hydrogen-bond donors (Lipinski definition) is 3. The molecule has 102 valence electrons. The molecular weight excluding hydrogens is 228 g/mol. The zero-order valence-corrected chi connectivity index (χ0v) is 11.7. The largest absolute Gasteiger partial charge is 0.396 e. The van der Waals surface area contributed by atoms with Crippen LogP contribution >= 0.6 is 0 Å². The second kappa shape index (κ2) is 6.54. The summed E-state index contributed by atoms with van der Waals surface area (Å²) in [5.41, 5.74) is -0.140. The molecule has 0 aliphatic heterocycles. The molecule has 0 saturated heterocycles. The molecule has 1 atom stereocenters. The zero-order chi connectivity index (χ0) is 13.6. The first-order chi connectivity index (χ1) is 8.53. The number of nitrogens with one attached hydrogen (secondary N) is 2. The summed E-state index contributed by atoms with van der Waals surface area (Å²) in [4.78, 5) is 8.70. The van der Waals surface area contributed by atoms with Gasteiger partial charge in [-0.15, -0.1) is 0 Å². The molecule has 1 aromatic heterocycles. The number of rotatable bonds is 7. The van der Waals surface area contributed by atoms with E-state index in [1.807, 2.05) is 19.9 Å². The third-order valence-electron chi connectivity index (χ3n) is 3.07. The molecule has 0 aliphatic carbocycles. The summed E-state index contributed by atoms with van der Waals surface area (Å²) in [5.74, 6) is 2.37. The third kappa shape index (κ3) is 4.14. The SMILES string of the molecule is CCNc1cc(NC(C)(CC)CCO)nc(C)n1. The molecule has 3 N–H and O–H groups in total. The van der Waals surface area contributed by atoms with Gasteiger partial charge in [-0.1, -0.05) is 6.92 Å². The minimum Gasteiger partial charge on any atom is -0.396 e. The number of aryl methyl sites for hydroxylation is 1. The van der Waals surface area contributed by atoms with E-state index in [-0.39, 0.29) is 12.1 Å². The molecule has 0 saturated carbocycles. The van der Waals surface area contributed by atoms with Crippen LogP contribution in [0.4, 0.5) is 11.6 Å². The Morgan fingerprint density at radius 3 is 2.50 bits per heavy atom. The first-order valence-corrected chi connectivity index (χ1v) is 6.51. The van der Waals surface area contributed by atoms with E-state index in [1.54, 1.807) is 0 Å². The maximum absolute atomic E-state index is 9.12. The van der Waals surface area contributed by atoms with Crippen LogP contribution in [0.25, 0.3) is 0 Å². The van der Waals surface area contributed by atoms with Crippen LogP contribution in [0.5, 0.6) is 0 Å². The maximum Gasteiger partial charge on any atom is 0.132 e. The van der Waals surface area contributed by atoms with Gasteiger partial charge in [0.1, 0.15) is 17.5 Å². The molecule has 0 spiro atoms. The lowest BCUT2D eigenvalue weighted by Crippen LogP contribution is -2.35. The summed E-state index contributed by atoms with van der Waals surface area (Å²) in [5, 5.41) is 15.7. The van der Waals surface area contributed by atoms with E-state index in [2.05, 4.69) is 34.4 Å². The van der Waals surface area contributed by atoms with Crippen molar-refractivity contribution < 1.29 is 5.11 Å². The van der Waals surface area contributed by atoms with Crippen molar-refractivity contribution in [3.63, 3.8) is 0 Å². The van der Waals surface area contributed by atoms with Crippen molar-refractivity contribution in [2.75, 3.05) is 23.8 Å². The van der Waals surface area contributed by atoms with Crippen molar-refractivity contribution >= 4 is 11.6 Å². The summed E-state index contributed by atoms with van der Waals surface area (Å²) in [7, 11) is 0. The molecular formula is C13H24N4O. The van der Waals surface area contributed by atoms with E-state index in [0.717, 1.165) is 30.4 Å². The Kier molecular flexibility index (Phi) is 5.34. The molecule has 0 radical (unpaired) electrons. The second-order valence-electron chi connectivity index (χ2n) is 4.73. The minimum absolute atomic E-state index is 0.140. The highest BCUT2D eigenvalue weighted by molar-refractivity contribution is 5.48. The number of aliphatic hydroxyl groups is 1. The van der Waals surface area contributed by atoms with E-state index >= 15 is 0 Å². The van der Waals surface area contributed by atoms with Gasteiger partial charge in [0.2, 0.25) is 0 Å². The summed E-state index contributed by atoms with van der Waals surface area (Å²) in [6, 6.07) is 1.90. The average Bonchev–Trinajstić information content (AvgIpc) is 2.28. The third-order valence-corrected chi connectivity index (χ3v) is 3.07. The van der Waals surface area contributed by atoms with Crippen molar-refractivity contribution in [2.45, 2.75) is 46.1 Å². The lowest BCUT2D eigenvalue weighted by molar-refractivity contribution is 0.252. The predicted octanol–water partition coefficient (Wildman–Crippen LogP) is 2.18. The molecule has 0 aliphatic rings. The molecule has 1 unspecified atom stereocenters. The Morgan fingerprint density at radius 1 is 1.28 bits per heavy atom. The van der Waals surface area contributed by atoms with Crippen LogP contribution in [-0.2, 0) is 0 Å². The number of aromatic nitrogens is 2. The van der Waals surface area contributed by atoms with Crippen LogP contribution in [-0.4, -0.2) is 33.8 Å². The van der Waals surface area contributed by atoms with Crippen molar-refractivity contribution in [3.8, 4) is 0 Å². The molecule has 0 amide bonds. The van der Waals surface area contributed by atoms with E-state index in [0.29, 0.717) is 6.42 Å². The normalized spacial score (nSPS) is 14.1. The average molecular weight is 252 g/mol. The van der Waals surface area contributed by atoms with E-state index in [4.69, 9.17) is 5.11 Å². The molecule has 1 aromatic rings. The second-order valence-corrected chi connectivity index (χ2v) is 4.73. The Labute approximate surface area is 109 Å². The first-order valence-electron chi connectivity index (χ1n) is 6.51. The van der Waals surface area contributed by atoms with Crippen molar-refractivity contribution in [2.24, 2.45) is 0 Å².